The maximum atomic E-state index is 8.93. The van der Waals surface area contributed by atoms with Crippen LogP contribution in [-0.4, -0.2) is 46.8 Å². The van der Waals surface area contributed by atoms with Crippen LogP contribution in [0.25, 0.3) is 0 Å². The van der Waals surface area contributed by atoms with E-state index in [2.05, 4.69) is 10.1 Å². The first-order valence-electron chi connectivity index (χ1n) is 5.59. The highest BCUT2D eigenvalue weighted by atomic mass is 16.4. The summed E-state index contributed by atoms with van der Waals surface area (Å²) in [5.41, 5.74) is 5.39. The molecule has 0 unspecified atom stereocenters. The van der Waals surface area contributed by atoms with E-state index in [9.17, 15) is 0 Å². The van der Waals surface area contributed by atoms with Crippen molar-refractivity contribution < 1.29 is 10.3 Å². The average molecular weight is 215 g/mol. The molecule has 0 heterocycles. The second-order valence-corrected chi connectivity index (χ2v) is 4.04. The summed E-state index contributed by atoms with van der Waals surface area (Å²) in [7, 11) is 0. The average Bonchev–Trinajstić information content (AvgIpc) is 2.15. The summed E-state index contributed by atoms with van der Waals surface area (Å²) in [6.45, 7) is 1.86. The largest absolute Gasteiger partial charge is 0.409 e. The molecule has 4 N–H and O–H groups in total. The zero-order chi connectivity index (χ0) is 11.1. The van der Waals surface area contributed by atoms with Crippen LogP contribution in [0, 0.1) is 0 Å². The Bertz CT molecular complexity index is 205. The van der Waals surface area contributed by atoms with Crippen LogP contribution in [0.4, 0.5) is 0 Å². The van der Waals surface area contributed by atoms with Crippen molar-refractivity contribution in [3.05, 3.63) is 0 Å². The SMILES string of the molecule is NC(CCCN(CCO)C1CCC1)=NO. The van der Waals surface area contributed by atoms with Crippen LogP contribution >= 0.6 is 0 Å². The Balaban J connectivity index is 2.19. The summed E-state index contributed by atoms with van der Waals surface area (Å²) in [4.78, 5) is 2.30. The molecule has 0 aromatic carbocycles. The number of aliphatic hydroxyl groups excluding tert-OH is 1. The van der Waals surface area contributed by atoms with Gasteiger partial charge in [0.05, 0.1) is 6.61 Å². The number of amidine groups is 1. The van der Waals surface area contributed by atoms with Gasteiger partial charge in [0.25, 0.3) is 0 Å². The number of oxime groups is 1. The van der Waals surface area contributed by atoms with Gasteiger partial charge in [0.2, 0.25) is 0 Å². The lowest BCUT2D eigenvalue weighted by atomic mass is 9.91. The molecule has 1 aliphatic carbocycles. The third-order valence-corrected chi connectivity index (χ3v) is 2.98. The van der Waals surface area contributed by atoms with Gasteiger partial charge in [0.15, 0.2) is 0 Å². The van der Waals surface area contributed by atoms with E-state index in [1.807, 2.05) is 0 Å². The number of hydrogen-bond donors (Lipinski definition) is 3. The smallest absolute Gasteiger partial charge is 0.139 e. The van der Waals surface area contributed by atoms with Crippen molar-refractivity contribution in [2.45, 2.75) is 38.1 Å². The first-order valence-corrected chi connectivity index (χ1v) is 5.59. The van der Waals surface area contributed by atoms with Gasteiger partial charge >= 0.3 is 0 Å². The van der Waals surface area contributed by atoms with E-state index in [1.165, 1.54) is 19.3 Å². The Kier molecular flexibility index (Phi) is 5.42. The van der Waals surface area contributed by atoms with E-state index in [0.29, 0.717) is 12.5 Å². The molecule has 5 nitrogen and oxygen atoms in total. The molecule has 0 aliphatic heterocycles. The molecular formula is C10H21N3O2. The quantitative estimate of drug-likeness (QED) is 0.248. The zero-order valence-corrected chi connectivity index (χ0v) is 9.10. The van der Waals surface area contributed by atoms with Crippen LogP contribution in [0.15, 0.2) is 5.16 Å². The third kappa shape index (κ3) is 4.05. The van der Waals surface area contributed by atoms with Crippen molar-refractivity contribution in [1.29, 1.82) is 0 Å². The zero-order valence-electron chi connectivity index (χ0n) is 9.10. The highest BCUT2D eigenvalue weighted by Gasteiger charge is 2.23. The molecule has 0 aromatic heterocycles. The minimum absolute atomic E-state index is 0.208. The van der Waals surface area contributed by atoms with Crippen molar-refractivity contribution in [3.63, 3.8) is 0 Å². The van der Waals surface area contributed by atoms with Crippen LogP contribution in [0.2, 0.25) is 0 Å². The monoisotopic (exact) mass is 215 g/mol. The van der Waals surface area contributed by atoms with Gasteiger partial charge in [-0.2, -0.15) is 0 Å². The molecule has 0 aromatic rings. The molecule has 0 spiro atoms. The number of nitrogens with two attached hydrogens (primary N) is 1. The number of aliphatic hydroxyl groups is 1. The molecule has 0 bridgehead atoms. The Labute approximate surface area is 90.6 Å². The molecule has 0 saturated heterocycles. The highest BCUT2D eigenvalue weighted by Crippen LogP contribution is 2.24. The second kappa shape index (κ2) is 6.63. The van der Waals surface area contributed by atoms with Gasteiger partial charge in [-0.3, -0.25) is 4.90 Å². The Morgan fingerprint density at radius 2 is 2.13 bits per heavy atom. The minimum Gasteiger partial charge on any atom is -0.409 e. The van der Waals surface area contributed by atoms with E-state index in [0.717, 1.165) is 19.5 Å². The first-order chi connectivity index (χ1) is 7.27. The fraction of sp³-hybridized carbons (Fsp3) is 0.900. The van der Waals surface area contributed by atoms with Gasteiger partial charge in [-0.1, -0.05) is 11.6 Å². The Morgan fingerprint density at radius 1 is 1.40 bits per heavy atom. The van der Waals surface area contributed by atoms with Gasteiger partial charge in [0.1, 0.15) is 5.84 Å². The fourth-order valence-electron chi connectivity index (χ4n) is 1.87. The van der Waals surface area contributed by atoms with Gasteiger partial charge in [-0.25, -0.2) is 0 Å². The van der Waals surface area contributed by atoms with Crippen LogP contribution in [0.3, 0.4) is 0 Å². The number of nitrogens with zero attached hydrogens (tertiary/aromatic N) is 2. The maximum Gasteiger partial charge on any atom is 0.139 e. The normalized spacial score (nSPS) is 18.1. The topological polar surface area (TPSA) is 82.1 Å². The summed E-state index contributed by atoms with van der Waals surface area (Å²) < 4.78 is 0. The van der Waals surface area contributed by atoms with Crippen LogP contribution in [0.1, 0.15) is 32.1 Å². The van der Waals surface area contributed by atoms with Crippen LogP contribution in [-0.2, 0) is 0 Å². The molecule has 1 rings (SSSR count). The molecule has 5 heteroatoms. The molecule has 88 valence electrons. The molecule has 0 atom stereocenters. The molecule has 15 heavy (non-hydrogen) atoms. The van der Waals surface area contributed by atoms with Gasteiger partial charge < -0.3 is 16.0 Å². The molecule has 0 amide bonds. The van der Waals surface area contributed by atoms with E-state index in [1.54, 1.807) is 0 Å². The standard InChI is InChI=1S/C10H21N3O2/c11-10(12-15)5-2-6-13(7-8-14)9-3-1-4-9/h9,14-15H,1-8H2,(H2,11,12). The van der Waals surface area contributed by atoms with Gasteiger partial charge in [-0.05, 0) is 25.8 Å². The minimum atomic E-state index is 0.208. The van der Waals surface area contributed by atoms with E-state index >= 15 is 0 Å². The summed E-state index contributed by atoms with van der Waals surface area (Å²) in [6, 6.07) is 0.643. The number of hydrogen-bond acceptors (Lipinski definition) is 4. The predicted molar refractivity (Wildman–Crippen MR) is 58.9 cm³/mol. The van der Waals surface area contributed by atoms with Crippen molar-refractivity contribution in [3.8, 4) is 0 Å². The fourth-order valence-corrected chi connectivity index (χ4v) is 1.87. The maximum absolute atomic E-state index is 8.93. The summed E-state index contributed by atoms with van der Waals surface area (Å²) >= 11 is 0. The van der Waals surface area contributed by atoms with Gasteiger partial charge in [0, 0.05) is 19.0 Å². The first kappa shape index (κ1) is 12.3. The third-order valence-electron chi connectivity index (χ3n) is 2.98. The van der Waals surface area contributed by atoms with Crippen molar-refractivity contribution in [1.82, 2.24) is 4.90 Å². The van der Waals surface area contributed by atoms with E-state index in [4.69, 9.17) is 16.0 Å². The van der Waals surface area contributed by atoms with Crippen molar-refractivity contribution in [2.24, 2.45) is 10.9 Å². The molecule has 1 fully saturated rings. The van der Waals surface area contributed by atoms with Crippen LogP contribution < -0.4 is 5.73 Å². The lowest BCUT2D eigenvalue weighted by Crippen LogP contribution is -2.42. The van der Waals surface area contributed by atoms with Crippen LogP contribution in [0.5, 0.6) is 0 Å². The summed E-state index contributed by atoms with van der Waals surface area (Å²) in [5, 5.41) is 20.2. The van der Waals surface area contributed by atoms with E-state index < -0.39 is 0 Å². The predicted octanol–water partition coefficient (Wildman–Crippen LogP) is 0.360. The lowest BCUT2D eigenvalue weighted by molar-refractivity contribution is 0.101. The molecule has 1 aliphatic rings. The second-order valence-electron chi connectivity index (χ2n) is 4.04. The molecule has 1 saturated carbocycles. The van der Waals surface area contributed by atoms with Crippen molar-refractivity contribution in [2.75, 3.05) is 19.7 Å². The number of rotatable bonds is 7. The molecule has 0 radical (unpaired) electrons. The summed E-state index contributed by atoms with van der Waals surface area (Å²) in [6.07, 6.45) is 5.28. The highest BCUT2D eigenvalue weighted by molar-refractivity contribution is 5.79. The Hall–Kier alpha value is -0.810. The molecular weight excluding hydrogens is 194 g/mol. The summed E-state index contributed by atoms with van der Waals surface area (Å²) in [5.74, 6) is 0.285. The Morgan fingerprint density at radius 3 is 2.60 bits per heavy atom. The van der Waals surface area contributed by atoms with E-state index in [-0.39, 0.29) is 12.4 Å². The van der Waals surface area contributed by atoms with Crippen molar-refractivity contribution >= 4 is 5.84 Å². The lowest BCUT2D eigenvalue weighted by Gasteiger charge is -2.37. The van der Waals surface area contributed by atoms with Gasteiger partial charge in [-0.15, -0.1) is 0 Å².